The minimum Gasteiger partial charge on any atom is -0.394 e. The Morgan fingerprint density at radius 3 is 2.50 bits per heavy atom. The highest BCUT2D eigenvalue weighted by Gasteiger charge is 2.14. The highest BCUT2D eigenvalue weighted by atomic mass is 16.3. The molecule has 2 heteroatoms. The van der Waals surface area contributed by atoms with Crippen LogP contribution in [0.2, 0.25) is 0 Å². The van der Waals surface area contributed by atoms with E-state index in [9.17, 15) is 0 Å². The van der Waals surface area contributed by atoms with Gasteiger partial charge in [0.2, 0.25) is 0 Å². The maximum absolute atomic E-state index is 8.74. The van der Waals surface area contributed by atoms with Crippen LogP contribution in [0.1, 0.15) is 6.42 Å². The van der Waals surface area contributed by atoms with Crippen molar-refractivity contribution in [2.45, 2.75) is 12.5 Å². The van der Waals surface area contributed by atoms with E-state index >= 15 is 0 Å². The van der Waals surface area contributed by atoms with Gasteiger partial charge in [0, 0.05) is 6.42 Å². The van der Waals surface area contributed by atoms with Crippen LogP contribution >= 0.6 is 0 Å². The zero-order valence-electron chi connectivity index (χ0n) is 4.46. The predicted molar refractivity (Wildman–Crippen MR) is 29.0 cm³/mol. The van der Waals surface area contributed by atoms with Crippen molar-refractivity contribution >= 4 is 0 Å². The second kappa shape index (κ2) is 2.17. The number of rotatable bonds is 3. The molecule has 0 bridgehead atoms. The molecular weight excluding hydrogens is 104 g/mol. The molecule has 0 aromatic carbocycles. The first-order chi connectivity index (χ1) is 3.83. The Labute approximate surface area is 48.1 Å². The van der Waals surface area contributed by atoms with E-state index in [4.69, 9.17) is 10.2 Å². The standard InChI is InChI=1S/C6H8O2/c7-4-6(8)3-5-1-2-5/h5-8H,3-4H2. The molecule has 1 aliphatic carbocycles. The van der Waals surface area contributed by atoms with Crippen molar-refractivity contribution in [1.82, 2.24) is 0 Å². The van der Waals surface area contributed by atoms with Crippen LogP contribution in [0, 0.1) is 17.8 Å². The predicted octanol–water partition coefficient (Wildman–Crippen LogP) is -0.637. The lowest BCUT2D eigenvalue weighted by Gasteiger charge is -2.02. The van der Waals surface area contributed by atoms with Gasteiger partial charge in [0.25, 0.3) is 0 Å². The van der Waals surface area contributed by atoms with E-state index in [1.54, 1.807) is 0 Å². The molecule has 44 valence electrons. The van der Waals surface area contributed by atoms with Crippen LogP contribution in [0.15, 0.2) is 0 Å². The summed E-state index contributed by atoms with van der Waals surface area (Å²) in [6, 6.07) is 0. The van der Waals surface area contributed by atoms with Gasteiger partial charge in [-0.1, -0.05) is 11.8 Å². The van der Waals surface area contributed by atoms with Gasteiger partial charge in [0.1, 0.15) is 0 Å². The molecule has 1 rings (SSSR count). The van der Waals surface area contributed by atoms with Gasteiger partial charge in [-0.15, -0.1) is 0 Å². The zero-order chi connectivity index (χ0) is 5.98. The summed E-state index contributed by atoms with van der Waals surface area (Å²) in [5, 5.41) is 17.0. The van der Waals surface area contributed by atoms with Crippen LogP contribution in [0.5, 0.6) is 0 Å². The van der Waals surface area contributed by atoms with Gasteiger partial charge < -0.3 is 10.2 Å². The molecule has 0 saturated heterocycles. The summed E-state index contributed by atoms with van der Waals surface area (Å²) >= 11 is 0. The minimum absolute atomic E-state index is 0.153. The topological polar surface area (TPSA) is 40.5 Å². The molecule has 1 atom stereocenters. The summed E-state index contributed by atoms with van der Waals surface area (Å²) in [5.41, 5.74) is 0. The van der Waals surface area contributed by atoms with Crippen molar-refractivity contribution in [3.05, 3.63) is 0 Å². The monoisotopic (exact) mass is 112 g/mol. The Balaban J connectivity index is 2.00. The van der Waals surface area contributed by atoms with Gasteiger partial charge in [0.05, 0.1) is 18.6 Å². The van der Waals surface area contributed by atoms with Crippen LogP contribution < -0.4 is 0 Å². The molecule has 1 unspecified atom stereocenters. The van der Waals surface area contributed by atoms with E-state index in [1.807, 2.05) is 0 Å². The van der Waals surface area contributed by atoms with Crippen LogP contribution in [-0.4, -0.2) is 22.9 Å². The summed E-state index contributed by atoms with van der Waals surface area (Å²) in [7, 11) is 0. The SMILES string of the molecule is OCC(O)CC1C#C1. The van der Waals surface area contributed by atoms with Crippen molar-refractivity contribution in [3.63, 3.8) is 0 Å². The van der Waals surface area contributed by atoms with Gasteiger partial charge in [-0.3, -0.25) is 0 Å². The molecule has 0 fully saturated rings. The highest BCUT2D eigenvalue weighted by Crippen LogP contribution is 2.11. The molecule has 0 spiro atoms. The second-order valence-corrected chi connectivity index (χ2v) is 1.91. The molecular formula is C6H8O2. The van der Waals surface area contributed by atoms with Gasteiger partial charge in [-0.05, 0) is 0 Å². The minimum atomic E-state index is -0.581. The van der Waals surface area contributed by atoms with Gasteiger partial charge >= 0.3 is 0 Å². The summed E-state index contributed by atoms with van der Waals surface area (Å²) in [6.07, 6.45) is -0.00116. The Morgan fingerprint density at radius 2 is 2.12 bits per heavy atom. The first kappa shape index (κ1) is 5.61. The summed E-state index contributed by atoms with van der Waals surface area (Å²) in [6.45, 7) is -0.153. The second-order valence-electron chi connectivity index (χ2n) is 1.91. The Kier molecular flexibility index (Phi) is 1.52. The van der Waals surface area contributed by atoms with Gasteiger partial charge in [-0.2, -0.15) is 0 Å². The molecule has 0 aliphatic heterocycles. The maximum atomic E-state index is 8.74. The molecule has 2 nitrogen and oxygen atoms in total. The fourth-order valence-corrected chi connectivity index (χ4v) is 0.523. The smallest absolute Gasteiger partial charge is 0.0837 e. The number of hydrogen-bond donors (Lipinski definition) is 2. The van der Waals surface area contributed by atoms with Crippen molar-refractivity contribution in [3.8, 4) is 11.8 Å². The molecule has 0 heterocycles. The van der Waals surface area contributed by atoms with Crippen molar-refractivity contribution in [2.75, 3.05) is 6.61 Å². The molecule has 0 saturated carbocycles. The van der Waals surface area contributed by atoms with Crippen molar-refractivity contribution in [1.29, 1.82) is 0 Å². The van der Waals surface area contributed by atoms with Crippen molar-refractivity contribution < 1.29 is 10.2 Å². The van der Waals surface area contributed by atoms with E-state index in [2.05, 4.69) is 11.8 Å². The van der Waals surface area contributed by atoms with E-state index in [0.717, 1.165) is 0 Å². The lowest BCUT2D eigenvalue weighted by atomic mass is 10.1. The van der Waals surface area contributed by atoms with Crippen LogP contribution in [0.25, 0.3) is 0 Å². The van der Waals surface area contributed by atoms with E-state index < -0.39 is 6.10 Å². The Morgan fingerprint density at radius 1 is 1.50 bits per heavy atom. The third-order valence-corrected chi connectivity index (χ3v) is 1.07. The maximum Gasteiger partial charge on any atom is 0.0837 e. The largest absolute Gasteiger partial charge is 0.394 e. The average Bonchev–Trinajstić information content (AvgIpc) is 2.50. The van der Waals surface area contributed by atoms with E-state index in [-0.39, 0.29) is 12.5 Å². The normalized spacial score (nSPS) is 19.2. The number of hydrogen-bond acceptors (Lipinski definition) is 2. The van der Waals surface area contributed by atoms with E-state index in [1.165, 1.54) is 0 Å². The molecule has 0 aromatic heterocycles. The van der Waals surface area contributed by atoms with E-state index in [0.29, 0.717) is 6.42 Å². The van der Waals surface area contributed by atoms with Crippen molar-refractivity contribution in [2.24, 2.45) is 5.92 Å². The van der Waals surface area contributed by atoms with Crippen LogP contribution in [0.4, 0.5) is 0 Å². The molecule has 2 N–H and O–H groups in total. The van der Waals surface area contributed by atoms with Gasteiger partial charge in [-0.25, -0.2) is 0 Å². The van der Waals surface area contributed by atoms with Crippen LogP contribution in [0.3, 0.4) is 0 Å². The number of aliphatic hydroxyl groups is 2. The first-order valence-electron chi connectivity index (χ1n) is 2.63. The summed E-state index contributed by atoms with van der Waals surface area (Å²) in [4.78, 5) is 0. The summed E-state index contributed by atoms with van der Waals surface area (Å²) < 4.78 is 0. The zero-order valence-corrected chi connectivity index (χ0v) is 4.46. The number of aliphatic hydroxyl groups excluding tert-OH is 2. The fraction of sp³-hybridized carbons (Fsp3) is 0.667. The summed E-state index contributed by atoms with van der Waals surface area (Å²) in [5.74, 6) is 5.78. The van der Waals surface area contributed by atoms with Gasteiger partial charge in [0.15, 0.2) is 0 Å². The van der Waals surface area contributed by atoms with Crippen LogP contribution in [-0.2, 0) is 0 Å². The quantitative estimate of drug-likeness (QED) is 0.477. The first-order valence-corrected chi connectivity index (χ1v) is 2.63. The lowest BCUT2D eigenvalue weighted by molar-refractivity contribution is 0.0860. The third-order valence-electron chi connectivity index (χ3n) is 1.07. The third kappa shape index (κ3) is 1.53. The molecule has 1 aliphatic rings. The molecule has 8 heavy (non-hydrogen) atoms. The lowest BCUT2D eigenvalue weighted by Crippen LogP contribution is -2.12. The highest BCUT2D eigenvalue weighted by molar-refractivity contribution is 5.29. The molecule has 0 amide bonds. The fourth-order valence-electron chi connectivity index (χ4n) is 0.523. The molecule has 0 aromatic rings. The Hall–Kier alpha value is -0.520. The molecule has 0 radical (unpaired) electrons. The Bertz CT molecular complexity index is 123. The average molecular weight is 112 g/mol.